The summed E-state index contributed by atoms with van der Waals surface area (Å²) in [6, 6.07) is 0. The van der Waals surface area contributed by atoms with Gasteiger partial charge in [0.05, 0.1) is 0 Å². The van der Waals surface area contributed by atoms with Gasteiger partial charge in [-0.15, -0.1) is 0 Å². The second-order valence-electron chi connectivity index (χ2n) is 2.28. The van der Waals surface area contributed by atoms with Crippen molar-refractivity contribution in [3.63, 3.8) is 0 Å². The van der Waals surface area contributed by atoms with E-state index in [1.165, 1.54) is 0 Å². The lowest BCUT2D eigenvalue weighted by molar-refractivity contribution is 0.809. The number of hydrogen-bond donors (Lipinski definition) is 0. The zero-order chi connectivity index (χ0) is 6.10. The Morgan fingerprint density at radius 3 is 3.11 bits per heavy atom. The van der Waals surface area contributed by atoms with Crippen LogP contribution in [0, 0.1) is 12.3 Å². The van der Waals surface area contributed by atoms with Gasteiger partial charge in [0.25, 0.3) is 0 Å². The summed E-state index contributed by atoms with van der Waals surface area (Å²) < 4.78 is 0. The molecule has 0 saturated carbocycles. The molecule has 2 unspecified atom stereocenters. The van der Waals surface area contributed by atoms with Crippen LogP contribution in [-0.4, -0.2) is 11.0 Å². The summed E-state index contributed by atoms with van der Waals surface area (Å²) in [7, 11) is 0. The van der Waals surface area contributed by atoms with Gasteiger partial charge in [0, 0.05) is 23.3 Å². The van der Waals surface area contributed by atoms with E-state index in [0.717, 1.165) is 5.75 Å². The zero-order valence-electron chi connectivity index (χ0n) is 5.08. The lowest BCUT2D eigenvalue weighted by atomic mass is 9.98. The lowest BCUT2D eigenvalue weighted by Gasteiger charge is -2.11. The predicted molar refractivity (Wildman–Crippen MR) is 41.3 cm³/mol. The third kappa shape index (κ3) is 0.940. The Bertz CT molecular complexity index is 140. The van der Waals surface area contributed by atoms with E-state index < -0.39 is 0 Å². The van der Waals surface area contributed by atoms with E-state index in [0.29, 0.717) is 11.2 Å². The number of rotatable bonds is 0. The molecule has 0 spiro atoms. The second kappa shape index (κ2) is 2.22. The van der Waals surface area contributed by atoms with Crippen LogP contribution in [0.3, 0.4) is 0 Å². The molecule has 2 atom stereocenters. The van der Waals surface area contributed by atoms with Gasteiger partial charge in [0.15, 0.2) is 0 Å². The van der Waals surface area contributed by atoms with Crippen molar-refractivity contribution < 1.29 is 0 Å². The molecule has 9 heavy (non-hydrogen) atoms. The van der Waals surface area contributed by atoms with Crippen LogP contribution in [-0.2, 0) is 0 Å². The summed E-state index contributed by atoms with van der Waals surface area (Å²) in [5.74, 6) is 1.71. The van der Waals surface area contributed by atoms with E-state index >= 15 is 0 Å². The average Bonchev–Trinajstić information content (AvgIpc) is 2.33. The van der Waals surface area contributed by atoms with Crippen molar-refractivity contribution in [3.8, 4) is 0 Å². The molecule has 1 aliphatic carbocycles. The van der Waals surface area contributed by atoms with Crippen LogP contribution in [0.25, 0.3) is 0 Å². The van der Waals surface area contributed by atoms with Crippen molar-refractivity contribution in [2.75, 3.05) is 5.75 Å². The molecule has 0 N–H and O–H groups in total. The third-order valence-electron chi connectivity index (χ3n) is 1.68. The minimum Gasteiger partial charge on any atom is -0.153 e. The van der Waals surface area contributed by atoms with Crippen LogP contribution in [0.15, 0.2) is 24.3 Å². The van der Waals surface area contributed by atoms with E-state index in [2.05, 4.69) is 30.7 Å². The van der Waals surface area contributed by atoms with Gasteiger partial charge in [-0.05, 0) is 0 Å². The molecule has 1 heterocycles. The molecule has 2 aliphatic rings. The van der Waals surface area contributed by atoms with Gasteiger partial charge in [-0.3, -0.25) is 0 Å². The van der Waals surface area contributed by atoms with Crippen LogP contribution in [0.4, 0.5) is 0 Å². The standard InChI is InChI=1S/C8H8S/c1-2-4-8-7(3-1)5-6-9-8/h1-4,7-8H,6H2. The molecule has 2 radical (unpaired) electrons. The smallest absolute Gasteiger partial charge is 0.0299 e. The van der Waals surface area contributed by atoms with Gasteiger partial charge in [-0.1, -0.05) is 24.3 Å². The van der Waals surface area contributed by atoms with Crippen LogP contribution in [0.5, 0.6) is 0 Å². The van der Waals surface area contributed by atoms with Crippen LogP contribution in [0.1, 0.15) is 0 Å². The molecule has 0 nitrogen and oxygen atoms in total. The Morgan fingerprint density at radius 2 is 2.22 bits per heavy atom. The maximum Gasteiger partial charge on any atom is 0.0299 e. The second-order valence-corrected chi connectivity index (χ2v) is 3.44. The van der Waals surface area contributed by atoms with Gasteiger partial charge < -0.3 is 0 Å². The lowest BCUT2D eigenvalue weighted by Crippen LogP contribution is -2.07. The van der Waals surface area contributed by atoms with E-state index in [4.69, 9.17) is 0 Å². The van der Waals surface area contributed by atoms with E-state index in [1.807, 2.05) is 11.8 Å². The first kappa shape index (κ1) is 5.60. The van der Waals surface area contributed by atoms with Crippen LogP contribution in [0.2, 0.25) is 0 Å². The first-order valence-corrected chi connectivity index (χ1v) is 4.22. The molecule has 0 aromatic carbocycles. The molecule has 1 fully saturated rings. The zero-order valence-corrected chi connectivity index (χ0v) is 5.90. The highest BCUT2D eigenvalue weighted by atomic mass is 32.2. The number of fused-ring (bicyclic) bond motifs is 1. The van der Waals surface area contributed by atoms with Gasteiger partial charge in [-0.25, -0.2) is 0 Å². The fourth-order valence-corrected chi connectivity index (χ4v) is 2.25. The van der Waals surface area contributed by atoms with Crippen molar-refractivity contribution in [2.24, 2.45) is 5.92 Å². The Balaban J connectivity index is 2.18. The molecule has 0 aromatic rings. The molecular weight excluding hydrogens is 128 g/mol. The van der Waals surface area contributed by atoms with E-state index in [-0.39, 0.29) is 0 Å². The maximum absolute atomic E-state index is 3.38. The summed E-state index contributed by atoms with van der Waals surface area (Å²) in [4.78, 5) is 0. The molecule has 46 valence electrons. The van der Waals surface area contributed by atoms with Crippen molar-refractivity contribution in [3.05, 3.63) is 30.7 Å². The highest BCUT2D eigenvalue weighted by Crippen LogP contribution is 2.34. The van der Waals surface area contributed by atoms with Crippen molar-refractivity contribution >= 4 is 11.8 Å². The average molecular weight is 136 g/mol. The largest absolute Gasteiger partial charge is 0.153 e. The Morgan fingerprint density at radius 1 is 1.33 bits per heavy atom. The maximum atomic E-state index is 3.38. The van der Waals surface area contributed by atoms with Crippen LogP contribution < -0.4 is 0 Å². The highest BCUT2D eigenvalue weighted by Gasteiger charge is 2.24. The fraction of sp³-hybridized carbons (Fsp3) is 0.375. The molecule has 1 saturated heterocycles. The quantitative estimate of drug-likeness (QED) is 0.490. The van der Waals surface area contributed by atoms with Crippen molar-refractivity contribution in [1.29, 1.82) is 0 Å². The minimum absolute atomic E-state index is 0.611. The van der Waals surface area contributed by atoms with Gasteiger partial charge in [-0.2, -0.15) is 11.8 Å². The Labute approximate surface area is 60.0 Å². The topological polar surface area (TPSA) is 0 Å². The number of hydrogen-bond acceptors (Lipinski definition) is 1. The molecular formula is C8H8S. The first-order chi connectivity index (χ1) is 4.47. The SMILES string of the molecule is [C]1CSC2C=CC=CC12. The van der Waals surface area contributed by atoms with Gasteiger partial charge in [0.1, 0.15) is 0 Å². The first-order valence-electron chi connectivity index (χ1n) is 3.17. The summed E-state index contributed by atoms with van der Waals surface area (Å²) >= 11 is 1.98. The fourth-order valence-electron chi connectivity index (χ4n) is 1.17. The van der Waals surface area contributed by atoms with Gasteiger partial charge >= 0.3 is 0 Å². The summed E-state index contributed by atoms with van der Waals surface area (Å²) in [5.41, 5.74) is 0. The number of allylic oxidation sites excluding steroid dienone is 3. The minimum atomic E-state index is 0.611. The van der Waals surface area contributed by atoms with Crippen molar-refractivity contribution in [1.82, 2.24) is 0 Å². The highest BCUT2D eigenvalue weighted by molar-refractivity contribution is 8.00. The van der Waals surface area contributed by atoms with Crippen molar-refractivity contribution in [2.45, 2.75) is 5.25 Å². The summed E-state index contributed by atoms with van der Waals surface area (Å²) in [5, 5.41) is 0.704. The summed E-state index contributed by atoms with van der Waals surface area (Å²) in [6.45, 7) is 0. The Kier molecular flexibility index (Phi) is 1.38. The third-order valence-corrected chi connectivity index (χ3v) is 2.85. The normalized spacial score (nSPS) is 39.1. The van der Waals surface area contributed by atoms with Crippen LogP contribution >= 0.6 is 11.8 Å². The number of thioether (sulfide) groups is 1. The van der Waals surface area contributed by atoms with Gasteiger partial charge in [0.2, 0.25) is 0 Å². The molecule has 0 bridgehead atoms. The molecule has 2 rings (SSSR count). The monoisotopic (exact) mass is 136 g/mol. The van der Waals surface area contributed by atoms with E-state index in [9.17, 15) is 0 Å². The molecule has 0 amide bonds. The summed E-state index contributed by atoms with van der Waals surface area (Å²) in [6.07, 6.45) is 12.1. The van der Waals surface area contributed by atoms with E-state index in [1.54, 1.807) is 0 Å². The predicted octanol–water partition coefficient (Wildman–Crippen LogP) is 1.93. The Hall–Kier alpha value is -0.170. The molecule has 1 aliphatic heterocycles. The molecule has 1 heteroatoms. The molecule has 0 aromatic heterocycles.